The smallest absolute Gasteiger partial charge is 0.303 e. The lowest BCUT2D eigenvalue weighted by Gasteiger charge is -2.41. The molecule has 0 spiro atoms. The zero-order chi connectivity index (χ0) is 15.2. The van der Waals surface area contributed by atoms with Crippen molar-refractivity contribution in [3.05, 3.63) is 0 Å². The molecule has 2 fully saturated rings. The molecule has 1 aliphatic carbocycles. The zero-order valence-corrected chi connectivity index (χ0v) is 13.9. The zero-order valence-electron chi connectivity index (χ0n) is 13.9. The van der Waals surface area contributed by atoms with E-state index in [4.69, 9.17) is 5.11 Å². The van der Waals surface area contributed by atoms with Crippen LogP contribution in [0.4, 0.5) is 0 Å². The number of carbonyl (C=O) groups is 1. The number of carboxylic acids is 1. The van der Waals surface area contributed by atoms with Crippen molar-refractivity contribution < 1.29 is 9.90 Å². The molecule has 3 heteroatoms. The highest BCUT2D eigenvalue weighted by Gasteiger charge is 2.29. The Morgan fingerprint density at radius 1 is 1.14 bits per heavy atom. The SMILES string of the molecule is CC(C)CC1CCCC(N2CCC(CCC(=O)O)CC2)C1. The van der Waals surface area contributed by atoms with Crippen LogP contribution in [0.2, 0.25) is 0 Å². The first kappa shape index (κ1) is 16.8. The predicted molar refractivity (Wildman–Crippen MR) is 86.4 cm³/mol. The molecular weight excluding hydrogens is 262 g/mol. The van der Waals surface area contributed by atoms with Gasteiger partial charge in [0.25, 0.3) is 0 Å². The van der Waals surface area contributed by atoms with E-state index in [-0.39, 0.29) is 0 Å². The lowest BCUT2D eigenvalue weighted by atomic mass is 9.79. The summed E-state index contributed by atoms with van der Waals surface area (Å²) < 4.78 is 0. The third-order valence-corrected chi connectivity index (χ3v) is 5.49. The third-order valence-electron chi connectivity index (χ3n) is 5.49. The molecule has 2 unspecified atom stereocenters. The van der Waals surface area contributed by atoms with Gasteiger partial charge in [-0.05, 0) is 69.4 Å². The van der Waals surface area contributed by atoms with E-state index in [9.17, 15) is 4.79 Å². The van der Waals surface area contributed by atoms with Crippen LogP contribution in [-0.2, 0) is 4.79 Å². The van der Waals surface area contributed by atoms with Gasteiger partial charge in [0.05, 0.1) is 0 Å². The van der Waals surface area contributed by atoms with E-state index in [2.05, 4.69) is 18.7 Å². The maximum absolute atomic E-state index is 10.7. The van der Waals surface area contributed by atoms with Gasteiger partial charge in [-0.25, -0.2) is 0 Å². The van der Waals surface area contributed by atoms with Crippen molar-refractivity contribution in [3.63, 3.8) is 0 Å². The molecule has 1 N–H and O–H groups in total. The van der Waals surface area contributed by atoms with Crippen LogP contribution in [0.5, 0.6) is 0 Å². The standard InChI is InChI=1S/C18H33NO2/c1-14(2)12-16-4-3-5-17(13-16)19-10-8-15(9-11-19)6-7-18(20)21/h14-17H,3-13H2,1-2H3,(H,20,21). The summed E-state index contributed by atoms with van der Waals surface area (Å²) in [6, 6.07) is 0.808. The maximum Gasteiger partial charge on any atom is 0.303 e. The number of aliphatic carboxylic acids is 1. The number of nitrogens with zero attached hydrogens (tertiary/aromatic N) is 1. The number of likely N-dealkylation sites (tertiary alicyclic amines) is 1. The van der Waals surface area contributed by atoms with Crippen molar-refractivity contribution in [2.45, 2.75) is 77.7 Å². The Balaban J connectivity index is 1.72. The van der Waals surface area contributed by atoms with Crippen molar-refractivity contribution in [2.75, 3.05) is 13.1 Å². The fourth-order valence-corrected chi connectivity index (χ4v) is 4.41. The lowest BCUT2D eigenvalue weighted by Crippen LogP contribution is -2.43. The maximum atomic E-state index is 10.7. The molecule has 1 heterocycles. The predicted octanol–water partition coefficient (Wildman–Crippen LogP) is 4.17. The van der Waals surface area contributed by atoms with Crippen molar-refractivity contribution in [3.8, 4) is 0 Å². The molecule has 0 aromatic rings. The van der Waals surface area contributed by atoms with Crippen molar-refractivity contribution in [1.82, 2.24) is 4.90 Å². The average Bonchev–Trinajstić information content (AvgIpc) is 2.45. The van der Waals surface area contributed by atoms with Gasteiger partial charge in [0.15, 0.2) is 0 Å². The fourth-order valence-electron chi connectivity index (χ4n) is 4.41. The Bertz CT molecular complexity index is 321. The molecule has 0 aromatic heterocycles. The van der Waals surface area contributed by atoms with E-state index < -0.39 is 5.97 Å². The number of hydrogen-bond donors (Lipinski definition) is 1. The van der Waals surface area contributed by atoms with Crippen LogP contribution in [0.25, 0.3) is 0 Å². The lowest BCUT2D eigenvalue weighted by molar-refractivity contribution is -0.137. The van der Waals surface area contributed by atoms with E-state index in [0.29, 0.717) is 12.3 Å². The van der Waals surface area contributed by atoms with E-state index in [0.717, 1.165) is 24.3 Å². The van der Waals surface area contributed by atoms with Crippen molar-refractivity contribution in [2.24, 2.45) is 17.8 Å². The molecule has 2 aliphatic rings. The number of rotatable bonds is 6. The molecule has 0 radical (unpaired) electrons. The Kier molecular flexibility index (Phi) is 6.53. The van der Waals surface area contributed by atoms with Crippen LogP contribution in [-0.4, -0.2) is 35.1 Å². The van der Waals surface area contributed by atoms with Gasteiger partial charge in [-0.15, -0.1) is 0 Å². The molecule has 0 amide bonds. The highest BCUT2D eigenvalue weighted by atomic mass is 16.4. The van der Waals surface area contributed by atoms with Crippen LogP contribution in [0.3, 0.4) is 0 Å². The number of hydrogen-bond acceptors (Lipinski definition) is 2. The van der Waals surface area contributed by atoms with Gasteiger partial charge in [-0.1, -0.05) is 26.7 Å². The van der Waals surface area contributed by atoms with Crippen molar-refractivity contribution in [1.29, 1.82) is 0 Å². The molecular formula is C18H33NO2. The molecule has 3 nitrogen and oxygen atoms in total. The highest BCUT2D eigenvalue weighted by Crippen LogP contribution is 2.34. The summed E-state index contributed by atoms with van der Waals surface area (Å²) in [5, 5.41) is 8.79. The second kappa shape index (κ2) is 8.17. The summed E-state index contributed by atoms with van der Waals surface area (Å²) in [4.78, 5) is 13.4. The molecule has 0 bridgehead atoms. The minimum atomic E-state index is -0.638. The summed E-state index contributed by atoms with van der Waals surface area (Å²) in [7, 11) is 0. The van der Waals surface area contributed by atoms with Gasteiger partial charge >= 0.3 is 5.97 Å². The quantitative estimate of drug-likeness (QED) is 0.799. The summed E-state index contributed by atoms with van der Waals surface area (Å²) in [5.41, 5.74) is 0. The normalized spacial score (nSPS) is 28.9. The minimum Gasteiger partial charge on any atom is -0.481 e. The van der Waals surface area contributed by atoms with E-state index in [1.807, 2.05) is 0 Å². The van der Waals surface area contributed by atoms with E-state index in [1.165, 1.54) is 58.0 Å². The number of piperidine rings is 1. The van der Waals surface area contributed by atoms with Gasteiger partial charge in [0, 0.05) is 12.5 Å². The number of carboxylic acid groups (broad SMARTS) is 1. The summed E-state index contributed by atoms with van der Waals surface area (Å²) in [6.45, 7) is 7.09. The van der Waals surface area contributed by atoms with Crippen LogP contribution < -0.4 is 0 Å². The van der Waals surface area contributed by atoms with Gasteiger partial charge in [-0.2, -0.15) is 0 Å². The molecule has 1 saturated heterocycles. The Morgan fingerprint density at radius 2 is 1.86 bits per heavy atom. The third kappa shape index (κ3) is 5.61. The molecule has 21 heavy (non-hydrogen) atoms. The summed E-state index contributed by atoms with van der Waals surface area (Å²) in [5.74, 6) is 1.78. The molecule has 122 valence electrons. The van der Waals surface area contributed by atoms with Crippen molar-refractivity contribution >= 4 is 5.97 Å². The van der Waals surface area contributed by atoms with Crippen LogP contribution >= 0.6 is 0 Å². The second-order valence-corrected chi connectivity index (χ2v) is 7.73. The minimum absolute atomic E-state index is 0.352. The Labute approximate surface area is 130 Å². The van der Waals surface area contributed by atoms with Crippen LogP contribution in [0.15, 0.2) is 0 Å². The average molecular weight is 295 g/mol. The first-order chi connectivity index (χ1) is 10.0. The van der Waals surface area contributed by atoms with Gasteiger partial charge in [0.1, 0.15) is 0 Å². The summed E-state index contributed by atoms with van der Waals surface area (Å²) >= 11 is 0. The topological polar surface area (TPSA) is 40.5 Å². The molecule has 2 atom stereocenters. The first-order valence-corrected chi connectivity index (χ1v) is 9.00. The molecule has 2 rings (SSSR count). The van der Waals surface area contributed by atoms with E-state index >= 15 is 0 Å². The second-order valence-electron chi connectivity index (χ2n) is 7.73. The largest absolute Gasteiger partial charge is 0.481 e. The van der Waals surface area contributed by atoms with Crippen LogP contribution in [0, 0.1) is 17.8 Å². The Morgan fingerprint density at radius 3 is 2.48 bits per heavy atom. The monoisotopic (exact) mass is 295 g/mol. The van der Waals surface area contributed by atoms with E-state index in [1.54, 1.807) is 0 Å². The summed E-state index contributed by atoms with van der Waals surface area (Å²) in [6.07, 6.45) is 10.7. The first-order valence-electron chi connectivity index (χ1n) is 9.00. The molecule has 1 aliphatic heterocycles. The van der Waals surface area contributed by atoms with Gasteiger partial charge in [0.2, 0.25) is 0 Å². The van der Waals surface area contributed by atoms with Gasteiger partial charge < -0.3 is 10.0 Å². The molecule has 1 saturated carbocycles. The Hall–Kier alpha value is -0.570. The van der Waals surface area contributed by atoms with Gasteiger partial charge in [-0.3, -0.25) is 4.79 Å². The van der Waals surface area contributed by atoms with Crippen LogP contribution in [0.1, 0.15) is 71.6 Å². The highest BCUT2D eigenvalue weighted by molar-refractivity contribution is 5.66. The fraction of sp³-hybridized carbons (Fsp3) is 0.944. The molecule has 0 aromatic carbocycles.